The Bertz CT molecular complexity index is 1420. The van der Waals surface area contributed by atoms with Crippen LogP contribution in [-0.4, -0.2) is 70.8 Å². The van der Waals surface area contributed by atoms with Crippen molar-refractivity contribution >= 4 is 80.6 Å². The number of thioether (sulfide) groups is 2. The van der Waals surface area contributed by atoms with Gasteiger partial charge in [-0.1, -0.05) is 72.2 Å². The molecule has 8 nitrogen and oxygen atoms in total. The average molecular weight is 669 g/mol. The summed E-state index contributed by atoms with van der Waals surface area (Å²) in [5.41, 5.74) is 1.62. The first-order chi connectivity index (χ1) is 21.3. The summed E-state index contributed by atoms with van der Waals surface area (Å²) in [6.07, 6.45) is 8.40. The highest BCUT2D eigenvalue weighted by molar-refractivity contribution is 8.27. The van der Waals surface area contributed by atoms with Gasteiger partial charge in [-0.25, -0.2) is 0 Å². The fourth-order valence-electron chi connectivity index (χ4n) is 4.23. The minimum Gasteiger partial charge on any atom is -0.493 e. The van der Waals surface area contributed by atoms with Crippen molar-refractivity contribution in [3.05, 3.63) is 82.6 Å². The van der Waals surface area contributed by atoms with Crippen LogP contribution >= 0.6 is 48.0 Å². The Morgan fingerprint density at radius 2 is 1.11 bits per heavy atom. The number of carbonyl (C=O) groups excluding carboxylic acids is 2. The average Bonchev–Trinajstić information content (AvgIpc) is 3.43. The van der Waals surface area contributed by atoms with Gasteiger partial charge in [-0.2, -0.15) is 0 Å². The molecule has 0 saturated carbocycles. The zero-order valence-corrected chi connectivity index (χ0v) is 27.7. The molecule has 2 amide bonds. The molecular formula is C32H32N2O6S4. The third-order valence-corrected chi connectivity index (χ3v) is 9.15. The molecule has 2 heterocycles. The van der Waals surface area contributed by atoms with E-state index in [1.54, 1.807) is 38.5 Å². The van der Waals surface area contributed by atoms with Gasteiger partial charge in [0.05, 0.1) is 37.2 Å². The lowest BCUT2D eigenvalue weighted by Gasteiger charge is -2.13. The van der Waals surface area contributed by atoms with E-state index in [0.29, 0.717) is 67.8 Å². The number of hydrogen-bond donors (Lipinski definition) is 0. The van der Waals surface area contributed by atoms with Gasteiger partial charge in [-0.05, 0) is 60.4 Å². The number of nitrogens with zero attached hydrogens (tertiary/aromatic N) is 2. The summed E-state index contributed by atoms with van der Waals surface area (Å²) in [4.78, 5) is 29.4. The van der Waals surface area contributed by atoms with Gasteiger partial charge in [0.1, 0.15) is 8.64 Å². The molecule has 0 spiro atoms. The van der Waals surface area contributed by atoms with Crippen molar-refractivity contribution in [3.63, 3.8) is 0 Å². The molecule has 2 aromatic carbocycles. The van der Waals surface area contributed by atoms with Crippen molar-refractivity contribution in [3.8, 4) is 23.0 Å². The van der Waals surface area contributed by atoms with Crippen LogP contribution < -0.4 is 18.9 Å². The fraction of sp³-hybridized carbons (Fsp3) is 0.250. The molecule has 230 valence electrons. The van der Waals surface area contributed by atoms with Crippen LogP contribution in [0.1, 0.15) is 24.0 Å². The maximum absolute atomic E-state index is 12.6. The van der Waals surface area contributed by atoms with Crippen molar-refractivity contribution in [1.82, 2.24) is 9.80 Å². The number of methoxy groups -OCH3 is 2. The van der Waals surface area contributed by atoms with Gasteiger partial charge in [0.15, 0.2) is 23.0 Å². The summed E-state index contributed by atoms with van der Waals surface area (Å²) in [5.74, 6) is 2.11. The Hall–Kier alpha value is -3.58. The molecule has 44 heavy (non-hydrogen) atoms. The molecule has 0 radical (unpaired) electrons. The van der Waals surface area contributed by atoms with E-state index < -0.39 is 0 Å². The fourth-order valence-corrected chi connectivity index (χ4v) is 6.78. The smallest absolute Gasteiger partial charge is 0.266 e. The summed E-state index contributed by atoms with van der Waals surface area (Å²) >= 11 is 13.2. The highest BCUT2D eigenvalue weighted by Crippen LogP contribution is 2.36. The summed E-state index contributed by atoms with van der Waals surface area (Å²) in [5, 5.41) is 0. The molecule has 0 bridgehead atoms. The van der Waals surface area contributed by atoms with Crippen LogP contribution in [-0.2, 0) is 9.59 Å². The first kappa shape index (κ1) is 33.3. The lowest BCUT2D eigenvalue weighted by atomic mass is 10.2. The number of ether oxygens (including phenoxy) is 4. The molecular weight excluding hydrogens is 637 g/mol. The largest absolute Gasteiger partial charge is 0.493 e. The monoisotopic (exact) mass is 668 g/mol. The number of thiocarbonyl (C=S) groups is 2. The molecule has 2 saturated heterocycles. The van der Waals surface area contributed by atoms with E-state index in [1.165, 1.54) is 33.3 Å². The molecule has 0 atom stereocenters. The van der Waals surface area contributed by atoms with Crippen molar-refractivity contribution in [2.24, 2.45) is 0 Å². The number of amides is 2. The predicted molar refractivity (Wildman–Crippen MR) is 186 cm³/mol. The molecule has 2 aromatic rings. The van der Waals surface area contributed by atoms with Crippen LogP contribution in [0.25, 0.3) is 12.2 Å². The highest BCUT2D eigenvalue weighted by Gasteiger charge is 2.32. The summed E-state index contributed by atoms with van der Waals surface area (Å²) < 4.78 is 24.0. The van der Waals surface area contributed by atoms with E-state index in [4.69, 9.17) is 43.4 Å². The molecule has 12 heteroatoms. The van der Waals surface area contributed by atoms with E-state index in [1.807, 2.05) is 36.4 Å². The van der Waals surface area contributed by atoms with Crippen LogP contribution in [0.2, 0.25) is 0 Å². The normalized spacial score (nSPS) is 16.7. The third-order valence-electron chi connectivity index (χ3n) is 6.40. The molecule has 2 aliphatic rings. The number of unbranched alkanes of at least 4 members (excludes halogenated alkanes) is 1. The first-order valence-electron chi connectivity index (χ1n) is 13.6. The summed E-state index contributed by atoms with van der Waals surface area (Å²) in [6, 6.07) is 11.1. The maximum atomic E-state index is 12.6. The Kier molecular flexibility index (Phi) is 12.1. The SMILES string of the molecule is C=CCN1C(=O)/C(=C\c2ccc(OCCCCOc3ccc(/C=C4/SC(=S)N(CC=C)C4=O)cc3OC)c(OC)c2)SC1=S. The zero-order chi connectivity index (χ0) is 31.6. The Morgan fingerprint density at radius 3 is 1.48 bits per heavy atom. The van der Waals surface area contributed by atoms with Crippen LogP contribution in [0.4, 0.5) is 0 Å². The molecule has 0 aliphatic carbocycles. The highest BCUT2D eigenvalue weighted by atomic mass is 32.2. The Balaban J connectivity index is 1.27. The molecule has 2 aliphatic heterocycles. The second-order valence-corrected chi connectivity index (χ2v) is 12.7. The van der Waals surface area contributed by atoms with E-state index in [-0.39, 0.29) is 11.8 Å². The van der Waals surface area contributed by atoms with Gasteiger partial charge in [-0.15, -0.1) is 13.2 Å². The lowest BCUT2D eigenvalue weighted by molar-refractivity contribution is -0.122. The third kappa shape index (κ3) is 8.12. The number of benzene rings is 2. The van der Waals surface area contributed by atoms with Crippen LogP contribution in [0.15, 0.2) is 71.5 Å². The first-order valence-corrected chi connectivity index (χ1v) is 16.1. The molecule has 0 N–H and O–H groups in total. The van der Waals surface area contributed by atoms with Crippen LogP contribution in [0, 0.1) is 0 Å². The summed E-state index contributed by atoms with van der Waals surface area (Å²) in [6.45, 7) is 9.07. The second kappa shape index (κ2) is 15.9. The molecule has 4 rings (SSSR count). The van der Waals surface area contributed by atoms with Crippen molar-refractivity contribution in [1.29, 1.82) is 0 Å². The number of hydrogen-bond acceptors (Lipinski definition) is 10. The van der Waals surface area contributed by atoms with E-state index >= 15 is 0 Å². The van der Waals surface area contributed by atoms with Gasteiger partial charge in [0, 0.05) is 13.1 Å². The van der Waals surface area contributed by atoms with Gasteiger partial charge in [0.2, 0.25) is 0 Å². The number of carbonyl (C=O) groups is 2. The van der Waals surface area contributed by atoms with Gasteiger partial charge >= 0.3 is 0 Å². The van der Waals surface area contributed by atoms with Crippen molar-refractivity contribution in [2.75, 3.05) is 40.5 Å². The van der Waals surface area contributed by atoms with Crippen LogP contribution in [0.3, 0.4) is 0 Å². The van der Waals surface area contributed by atoms with Gasteiger partial charge in [-0.3, -0.25) is 19.4 Å². The lowest BCUT2D eigenvalue weighted by Crippen LogP contribution is -2.27. The standard InChI is InChI=1S/C32H32N2O6S4/c1-5-13-33-29(35)27(43-31(33)41)19-21-9-11-23(25(17-21)37-3)39-15-7-8-16-40-24-12-10-22(18-26(24)38-4)20-28-30(36)34(14-6-2)32(42)44-28/h5-6,9-12,17-20H,1-2,7-8,13-16H2,3-4H3/b27-19+,28-20+. The quantitative estimate of drug-likeness (QED) is 0.0884. The zero-order valence-electron chi connectivity index (χ0n) is 24.4. The summed E-state index contributed by atoms with van der Waals surface area (Å²) in [7, 11) is 3.16. The molecule has 0 unspecified atom stereocenters. The van der Waals surface area contributed by atoms with Crippen LogP contribution in [0.5, 0.6) is 23.0 Å². The van der Waals surface area contributed by atoms with Crippen molar-refractivity contribution in [2.45, 2.75) is 12.8 Å². The van der Waals surface area contributed by atoms with E-state index in [0.717, 1.165) is 24.0 Å². The van der Waals surface area contributed by atoms with E-state index in [2.05, 4.69) is 13.2 Å². The Labute approximate surface area is 276 Å². The minimum atomic E-state index is -0.131. The topological polar surface area (TPSA) is 77.5 Å². The van der Waals surface area contributed by atoms with E-state index in [9.17, 15) is 9.59 Å². The van der Waals surface area contributed by atoms with Gasteiger partial charge in [0.25, 0.3) is 11.8 Å². The second-order valence-electron chi connectivity index (χ2n) is 9.39. The minimum absolute atomic E-state index is 0.131. The van der Waals surface area contributed by atoms with Crippen molar-refractivity contribution < 1.29 is 28.5 Å². The Morgan fingerprint density at radius 1 is 0.705 bits per heavy atom. The predicted octanol–water partition coefficient (Wildman–Crippen LogP) is 6.72. The van der Waals surface area contributed by atoms with Gasteiger partial charge < -0.3 is 18.9 Å². The molecule has 0 aromatic heterocycles. The molecule has 2 fully saturated rings. The maximum Gasteiger partial charge on any atom is 0.266 e. The number of rotatable bonds is 15.